The smallest absolute Gasteiger partial charge is 0.448 e. The summed E-state index contributed by atoms with van der Waals surface area (Å²) in [7, 11) is -4.80. The predicted molar refractivity (Wildman–Crippen MR) is 91.0 cm³/mol. The number of phenols is 1. The van der Waals surface area contributed by atoms with Gasteiger partial charge in [-0.1, -0.05) is 18.2 Å². The quantitative estimate of drug-likeness (QED) is 0.329. The van der Waals surface area contributed by atoms with E-state index in [0.717, 1.165) is 5.56 Å². The third kappa shape index (κ3) is 5.52. The van der Waals surface area contributed by atoms with Gasteiger partial charge in [-0.15, -0.1) is 0 Å². The van der Waals surface area contributed by atoms with Crippen LogP contribution in [-0.2, 0) is 11.0 Å². The molecule has 0 heterocycles. The maximum absolute atomic E-state index is 11.1. The Morgan fingerprint density at radius 1 is 1.20 bits per heavy atom. The first-order valence-electron chi connectivity index (χ1n) is 7.54. The highest BCUT2D eigenvalue weighted by Crippen LogP contribution is 2.40. The molecule has 1 aromatic rings. The van der Waals surface area contributed by atoms with Crippen molar-refractivity contribution in [1.82, 2.24) is 0 Å². The van der Waals surface area contributed by atoms with Crippen LogP contribution in [0.3, 0.4) is 0 Å². The molecule has 0 amide bonds. The Morgan fingerprint density at radius 2 is 1.92 bits per heavy atom. The average Bonchev–Trinajstić information content (AvgIpc) is 2.45. The molecule has 9 heteroatoms. The summed E-state index contributed by atoms with van der Waals surface area (Å²) in [6, 6.07) is 6.52. The van der Waals surface area contributed by atoms with Gasteiger partial charge in [0.05, 0.1) is 5.71 Å². The molecule has 8 nitrogen and oxygen atoms in total. The zero-order valence-electron chi connectivity index (χ0n) is 13.2. The van der Waals surface area contributed by atoms with Gasteiger partial charge in [-0.3, -0.25) is 0 Å². The van der Waals surface area contributed by atoms with Gasteiger partial charge in [0.15, 0.2) is 5.79 Å². The summed E-state index contributed by atoms with van der Waals surface area (Å²) >= 11 is 0. The van der Waals surface area contributed by atoms with Crippen LogP contribution in [-0.4, -0.2) is 41.7 Å². The van der Waals surface area contributed by atoms with Gasteiger partial charge in [-0.2, -0.15) is 4.76 Å². The predicted octanol–water partition coefficient (Wildman–Crippen LogP) is 1.56. The molecule has 1 aliphatic rings. The van der Waals surface area contributed by atoms with Crippen molar-refractivity contribution in [3.8, 4) is 5.75 Å². The van der Waals surface area contributed by atoms with Gasteiger partial charge in [0.1, 0.15) is 17.4 Å². The van der Waals surface area contributed by atoms with E-state index in [0.29, 0.717) is 12.8 Å². The molecule has 1 aromatic carbocycles. The zero-order chi connectivity index (χ0) is 18.7. The molecule has 0 aliphatic heterocycles. The average molecular weight is 369 g/mol. The minimum absolute atomic E-state index is 0.103. The lowest BCUT2D eigenvalue weighted by molar-refractivity contribution is -0.186. The maximum atomic E-state index is 11.1. The molecular weight excluding hydrogens is 349 g/mol. The van der Waals surface area contributed by atoms with E-state index in [-0.39, 0.29) is 17.9 Å². The van der Waals surface area contributed by atoms with Crippen LogP contribution in [0.4, 0.5) is 0 Å². The lowest BCUT2D eigenvalue weighted by Crippen LogP contribution is -2.43. The summed E-state index contributed by atoms with van der Waals surface area (Å²) in [6.45, 7) is 0. The minimum atomic E-state index is -4.80. The molecule has 1 aliphatic carbocycles. The first-order chi connectivity index (χ1) is 11.6. The molecule has 25 heavy (non-hydrogen) atoms. The molecule has 0 fully saturated rings. The van der Waals surface area contributed by atoms with E-state index >= 15 is 0 Å². The monoisotopic (exact) mass is 369 g/mol. The second-order valence-electron chi connectivity index (χ2n) is 5.82. The Hall–Kier alpha value is -1.96. The number of aliphatic hydroxyl groups is 3. The number of aryl methyl sites for hydroxylation is 1. The third-order valence-corrected chi connectivity index (χ3v) is 4.25. The SMILES string of the molecule is O=P(O)(O)N=C1C=CC=C(O)C1C(O)(O)CCCc1cccc(O)c1. The number of benzene rings is 1. The second kappa shape index (κ2) is 7.51. The van der Waals surface area contributed by atoms with Crippen LogP contribution in [0.25, 0.3) is 0 Å². The summed E-state index contributed by atoms with van der Waals surface area (Å²) in [4.78, 5) is 18.0. The van der Waals surface area contributed by atoms with Crippen molar-refractivity contribution in [2.75, 3.05) is 0 Å². The van der Waals surface area contributed by atoms with Crippen LogP contribution in [0.5, 0.6) is 5.75 Å². The third-order valence-electron chi connectivity index (χ3n) is 3.75. The fourth-order valence-electron chi connectivity index (χ4n) is 2.71. The van der Waals surface area contributed by atoms with Gasteiger partial charge in [-0.05, 0) is 42.7 Å². The van der Waals surface area contributed by atoms with Crippen LogP contribution in [0.2, 0.25) is 0 Å². The van der Waals surface area contributed by atoms with Crippen LogP contribution in [0.15, 0.2) is 53.0 Å². The van der Waals surface area contributed by atoms with E-state index in [1.165, 1.54) is 24.3 Å². The molecule has 0 spiro atoms. The van der Waals surface area contributed by atoms with E-state index in [1.54, 1.807) is 18.2 Å². The largest absolute Gasteiger partial charge is 0.511 e. The van der Waals surface area contributed by atoms with Gasteiger partial charge in [0, 0.05) is 6.42 Å². The molecule has 1 unspecified atom stereocenters. The first-order valence-corrected chi connectivity index (χ1v) is 9.10. The number of aliphatic hydroxyl groups excluding tert-OH is 1. The Morgan fingerprint density at radius 3 is 2.56 bits per heavy atom. The second-order valence-corrected chi connectivity index (χ2v) is 7.05. The fraction of sp³-hybridized carbons (Fsp3) is 0.312. The molecule has 0 saturated heterocycles. The van der Waals surface area contributed by atoms with Gasteiger partial charge in [0.2, 0.25) is 0 Å². The number of hydrogen-bond donors (Lipinski definition) is 6. The fourth-order valence-corrected chi connectivity index (χ4v) is 3.20. The highest BCUT2D eigenvalue weighted by molar-refractivity contribution is 7.50. The van der Waals surface area contributed by atoms with E-state index in [9.17, 15) is 25.0 Å². The lowest BCUT2D eigenvalue weighted by atomic mass is 9.85. The van der Waals surface area contributed by atoms with Crippen LogP contribution < -0.4 is 0 Å². The zero-order valence-corrected chi connectivity index (χ0v) is 14.1. The van der Waals surface area contributed by atoms with Gasteiger partial charge in [-0.25, -0.2) is 4.57 Å². The molecule has 0 saturated carbocycles. The summed E-state index contributed by atoms with van der Waals surface area (Å²) in [6.07, 6.45) is 4.28. The first kappa shape index (κ1) is 19.4. The summed E-state index contributed by atoms with van der Waals surface area (Å²) < 4.78 is 14.3. The topological polar surface area (TPSA) is 151 Å². The summed E-state index contributed by atoms with van der Waals surface area (Å²) in [5, 5.41) is 40.1. The molecule has 1 atom stereocenters. The number of allylic oxidation sites excluding steroid dienone is 3. The van der Waals surface area contributed by atoms with Crippen molar-refractivity contribution in [2.45, 2.75) is 25.0 Å². The van der Waals surface area contributed by atoms with Crippen molar-refractivity contribution >= 4 is 13.5 Å². The number of rotatable bonds is 6. The van der Waals surface area contributed by atoms with Crippen molar-refractivity contribution in [3.63, 3.8) is 0 Å². The molecule has 0 bridgehead atoms. The van der Waals surface area contributed by atoms with E-state index in [4.69, 9.17) is 9.79 Å². The Balaban J connectivity index is 2.12. The van der Waals surface area contributed by atoms with Crippen molar-refractivity contribution in [3.05, 3.63) is 53.8 Å². The van der Waals surface area contributed by atoms with Crippen LogP contribution in [0, 0.1) is 5.92 Å². The van der Waals surface area contributed by atoms with Crippen LogP contribution in [0.1, 0.15) is 18.4 Å². The van der Waals surface area contributed by atoms with Crippen molar-refractivity contribution in [1.29, 1.82) is 0 Å². The van der Waals surface area contributed by atoms with Gasteiger partial charge < -0.3 is 30.2 Å². The van der Waals surface area contributed by atoms with E-state index in [1.807, 2.05) is 0 Å². The number of nitrogens with zero attached hydrogens (tertiary/aromatic N) is 1. The van der Waals surface area contributed by atoms with Crippen molar-refractivity contribution in [2.24, 2.45) is 10.7 Å². The number of hydrogen-bond acceptors (Lipinski definition) is 5. The van der Waals surface area contributed by atoms with E-state index in [2.05, 4.69) is 4.76 Å². The standard InChI is InChI=1S/C16H20NO7P/c18-12-6-1-4-11(10-12)5-3-9-16(20,21)15-13(17-25(22,23)24)7-2-8-14(15)19/h1-2,4,6-8,10,15,18-21H,3,5,9H2,(H2,22,23,24). The highest BCUT2D eigenvalue weighted by Gasteiger charge is 2.41. The molecular formula is C16H20NO7P. The molecule has 0 radical (unpaired) electrons. The van der Waals surface area contributed by atoms with Gasteiger partial charge >= 0.3 is 7.75 Å². The Bertz CT molecular complexity index is 764. The molecule has 136 valence electrons. The molecule has 2 rings (SSSR count). The normalized spacial score (nSPS) is 19.9. The Kier molecular flexibility index (Phi) is 5.82. The lowest BCUT2D eigenvalue weighted by Gasteiger charge is -2.32. The Labute approximate surface area is 144 Å². The van der Waals surface area contributed by atoms with Crippen LogP contribution >= 0.6 is 7.75 Å². The van der Waals surface area contributed by atoms with Crippen molar-refractivity contribution < 1.29 is 34.8 Å². The maximum Gasteiger partial charge on any atom is 0.448 e. The molecule has 6 N–H and O–H groups in total. The molecule has 0 aromatic heterocycles. The highest BCUT2D eigenvalue weighted by atomic mass is 31.2. The minimum Gasteiger partial charge on any atom is -0.511 e. The summed E-state index contributed by atoms with van der Waals surface area (Å²) in [5.41, 5.74) is 0.485. The number of phenolic OH excluding ortho intramolecular Hbond substituents is 1. The summed E-state index contributed by atoms with van der Waals surface area (Å²) in [5.74, 6) is -4.26. The van der Waals surface area contributed by atoms with E-state index < -0.39 is 25.2 Å². The van der Waals surface area contributed by atoms with Gasteiger partial charge in [0.25, 0.3) is 0 Å². The number of aromatic hydroxyl groups is 1.